The molecule has 0 fully saturated rings. The summed E-state index contributed by atoms with van der Waals surface area (Å²) in [6.45, 7) is 0. The first-order chi connectivity index (χ1) is 5.52. The van der Waals surface area contributed by atoms with Gasteiger partial charge in [-0.25, -0.2) is 13.2 Å². The Bertz CT molecular complexity index is 299. The zero-order valence-corrected chi connectivity index (χ0v) is 8.79. The lowest BCUT2D eigenvalue weighted by Gasteiger charge is -2.03. The molecule has 12 heavy (non-hydrogen) atoms. The van der Waals surface area contributed by atoms with E-state index in [1.165, 1.54) is 0 Å². The Morgan fingerprint density at radius 1 is 1.08 bits per heavy atom. The quantitative estimate of drug-likeness (QED) is 0.679. The van der Waals surface area contributed by atoms with Crippen molar-refractivity contribution in [3.05, 3.63) is 32.5 Å². The number of alkyl halides is 2. The van der Waals surface area contributed by atoms with Gasteiger partial charge in [0, 0.05) is 10.0 Å². The van der Waals surface area contributed by atoms with Crippen LogP contribution in [0.5, 0.6) is 0 Å². The summed E-state index contributed by atoms with van der Waals surface area (Å²) in [5.41, 5.74) is -0.219. The molecule has 0 aliphatic heterocycles. The minimum absolute atomic E-state index is 0.0426. The lowest BCUT2D eigenvalue weighted by atomic mass is 10.2. The Balaban J connectivity index is 3.23. The van der Waals surface area contributed by atoms with Gasteiger partial charge in [-0.3, -0.25) is 0 Å². The van der Waals surface area contributed by atoms with E-state index < -0.39 is 12.2 Å². The van der Waals surface area contributed by atoms with Crippen LogP contribution in [-0.2, 0) is 0 Å². The van der Waals surface area contributed by atoms with Gasteiger partial charge in [0.1, 0.15) is 5.82 Å². The van der Waals surface area contributed by atoms with Gasteiger partial charge >= 0.3 is 0 Å². The van der Waals surface area contributed by atoms with Crippen molar-refractivity contribution in [2.75, 3.05) is 0 Å². The van der Waals surface area contributed by atoms with Crippen molar-refractivity contribution in [2.24, 2.45) is 0 Å². The van der Waals surface area contributed by atoms with Crippen molar-refractivity contribution in [2.45, 2.75) is 6.43 Å². The summed E-state index contributed by atoms with van der Waals surface area (Å²) in [7, 11) is 0. The summed E-state index contributed by atoms with van der Waals surface area (Å²) in [6, 6.07) is 2.07. The van der Waals surface area contributed by atoms with E-state index in [0.717, 1.165) is 12.1 Å². The summed E-state index contributed by atoms with van der Waals surface area (Å²) in [4.78, 5) is 0. The van der Waals surface area contributed by atoms with Crippen LogP contribution in [0, 0.1) is 5.82 Å². The Hall–Kier alpha value is -0.0300. The van der Waals surface area contributed by atoms with Gasteiger partial charge in [0.15, 0.2) is 0 Å². The second-order valence-electron chi connectivity index (χ2n) is 2.09. The van der Waals surface area contributed by atoms with Gasteiger partial charge in [0.25, 0.3) is 6.43 Å². The zero-order valence-electron chi connectivity index (χ0n) is 5.62. The topological polar surface area (TPSA) is 0 Å². The first-order valence-corrected chi connectivity index (χ1v) is 4.53. The molecule has 0 aromatic heterocycles. The Morgan fingerprint density at radius 3 is 2.17 bits per heavy atom. The molecular formula is C7H3Br2F3. The predicted octanol–water partition coefficient (Wildman–Crippen LogP) is 4.29. The van der Waals surface area contributed by atoms with Crippen molar-refractivity contribution in [3.63, 3.8) is 0 Å². The molecule has 0 atom stereocenters. The molecule has 1 aromatic rings. The first kappa shape index (κ1) is 10.1. The van der Waals surface area contributed by atoms with Crippen LogP contribution in [0.15, 0.2) is 21.1 Å². The number of benzene rings is 1. The molecule has 0 N–H and O–H groups in total. The van der Waals surface area contributed by atoms with Gasteiger partial charge < -0.3 is 0 Å². The average Bonchev–Trinajstić information content (AvgIpc) is 1.96. The number of rotatable bonds is 1. The predicted molar refractivity (Wildman–Crippen MR) is 46.8 cm³/mol. The van der Waals surface area contributed by atoms with E-state index in [0.29, 0.717) is 0 Å². The Morgan fingerprint density at radius 2 is 1.67 bits per heavy atom. The van der Waals surface area contributed by atoms with E-state index >= 15 is 0 Å². The third kappa shape index (κ3) is 2.01. The van der Waals surface area contributed by atoms with Gasteiger partial charge in [0.2, 0.25) is 0 Å². The Kier molecular flexibility index (Phi) is 3.17. The molecule has 0 bridgehead atoms. The molecule has 1 rings (SSSR count). The lowest BCUT2D eigenvalue weighted by Crippen LogP contribution is -1.88. The van der Waals surface area contributed by atoms with Gasteiger partial charge in [0.05, 0.1) is 4.47 Å². The highest BCUT2D eigenvalue weighted by Gasteiger charge is 2.14. The monoisotopic (exact) mass is 302 g/mol. The normalized spacial score (nSPS) is 10.8. The second-order valence-corrected chi connectivity index (χ2v) is 3.80. The summed E-state index contributed by atoms with van der Waals surface area (Å²) < 4.78 is 37.2. The van der Waals surface area contributed by atoms with Gasteiger partial charge in [-0.2, -0.15) is 0 Å². The van der Waals surface area contributed by atoms with E-state index in [9.17, 15) is 13.2 Å². The van der Waals surface area contributed by atoms with Crippen molar-refractivity contribution in [3.8, 4) is 0 Å². The third-order valence-electron chi connectivity index (χ3n) is 1.27. The average molecular weight is 304 g/mol. The highest BCUT2D eigenvalue weighted by atomic mass is 79.9. The minimum atomic E-state index is -2.60. The SMILES string of the molecule is Fc1cc(Br)c(C(F)F)cc1Br. The lowest BCUT2D eigenvalue weighted by molar-refractivity contribution is 0.150. The number of hydrogen-bond acceptors (Lipinski definition) is 0. The summed E-state index contributed by atoms with van der Waals surface area (Å²) in [5, 5.41) is 0. The summed E-state index contributed by atoms with van der Waals surface area (Å²) in [5.74, 6) is -0.564. The molecular weight excluding hydrogens is 301 g/mol. The van der Waals surface area contributed by atoms with Crippen LogP contribution < -0.4 is 0 Å². The fraction of sp³-hybridized carbons (Fsp3) is 0.143. The number of halogens is 5. The molecule has 0 nitrogen and oxygen atoms in total. The molecule has 0 spiro atoms. The maximum absolute atomic E-state index is 12.7. The van der Waals surface area contributed by atoms with Crippen LogP contribution >= 0.6 is 31.9 Å². The standard InChI is InChI=1S/C7H3Br2F3/c8-4-2-6(10)5(9)1-3(4)7(11)12/h1-2,7H. The minimum Gasteiger partial charge on any atom is -0.206 e. The van der Waals surface area contributed by atoms with E-state index in [1.807, 2.05) is 0 Å². The Labute approximate surface area is 84.0 Å². The molecule has 0 amide bonds. The fourth-order valence-corrected chi connectivity index (χ4v) is 1.55. The smallest absolute Gasteiger partial charge is 0.206 e. The van der Waals surface area contributed by atoms with Crippen LogP contribution in [0.1, 0.15) is 12.0 Å². The largest absolute Gasteiger partial charge is 0.264 e. The van der Waals surface area contributed by atoms with Gasteiger partial charge in [-0.15, -0.1) is 0 Å². The van der Waals surface area contributed by atoms with Crippen LogP contribution in [0.25, 0.3) is 0 Å². The van der Waals surface area contributed by atoms with Crippen LogP contribution in [-0.4, -0.2) is 0 Å². The number of hydrogen-bond donors (Lipinski definition) is 0. The van der Waals surface area contributed by atoms with E-state index in [2.05, 4.69) is 31.9 Å². The fourth-order valence-electron chi connectivity index (χ4n) is 0.705. The highest BCUT2D eigenvalue weighted by molar-refractivity contribution is 9.11. The van der Waals surface area contributed by atoms with Crippen LogP contribution in [0.4, 0.5) is 13.2 Å². The van der Waals surface area contributed by atoms with Gasteiger partial charge in [-0.05, 0) is 28.1 Å². The van der Waals surface area contributed by atoms with Crippen molar-refractivity contribution >= 4 is 31.9 Å². The first-order valence-electron chi connectivity index (χ1n) is 2.95. The molecule has 5 heteroatoms. The van der Waals surface area contributed by atoms with E-state index in [4.69, 9.17) is 0 Å². The zero-order chi connectivity index (χ0) is 9.30. The van der Waals surface area contributed by atoms with Crippen LogP contribution in [0.2, 0.25) is 0 Å². The maximum Gasteiger partial charge on any atom is 0.264 e. The molecule has 1 aromatic carbocycles. The molecule has 0 radical (unpaired) electrons. The van der Waals surface area contributed by atoms with Crippen molar-refractivity contribution in [1.29, 1.82) is 0 Å². The van der Waals surface area contributed by atoms with Crippen LogP contribution in [0.3, 0.4) is 0 Å². The molecule has 66 valence electrons. The molecule has 0 heterocycles. The highest BCUT2D eigenvalue weighted by Crippen LogP contribution is 2.31. The van der Waals surface area contributed by atoms with E-state index in [1.54, 1.807) is 0 Å². The summed E-state index contributed by atoms with van der Waals surface area (Å²) >= 11 is 5.66. The van der Waals surface area contributed by atoms with Crippen molar-refractivity contribution < 1.29 is 13.2 Å². The molecule has 0 aliphatic carbocycles. The van der Waals surface area contributed by atoms with Crippen molar-refractivity contribution in [1.82, 2.24) is 0 Å². The van der Waals surface area contributed by atoms with Gasteiger partial charge in [-0.1, -0.05) is 15.9 Å². The molecule has 0 aliphatic rings. The third-order valence-corrected chi connectivity index (χ3v) is 2.57. The summed E-state index contributed by atoms with van der Waals surface area (Å²) in [6.07, 6.45) is -2.60. The maximum atomic E-state index is 12.7. The van der Waals surface area contributed by atoms with E-state index in [-0.39, 0.29) is 14.5 Å². The second kappa shape index (κ2) is 3.79. The molecule has 0 saturated carbocycles. The molecule has 0 saturated heterocycles. The molecule has 0 unspecified atom stereocenters.